The molecule has 1 unspecified atom stereocenters. The average Bonchev–Trinajstić information content (AvgIpc) is 2.73. The summed E-state index contributed by atoms with van der Waals surface area (Å²) >= 11 is 0. The molecule has 0 bridgehead atoms. The van der Waals surface area contributed by atoms with E-state index in [0.29, 0.717) is 37.3 Å². The number of nitrogens with zero attached hydrogens (tertiary/aromatic N) is 3. The van der Waals surface area contributed by atoms with Gasteiger partial charge in [-0.25, -0.2) is 4.79 Å². The molecular weight excluding hydrogens is 366 g/mol. The topological polar surface area (TPSA) is 73.6 Å². The molecule has 6 nitrogen and oxygen atoms in total. The van der Waals surface area contributed by atoms with Gasteiger partial charge in [0.05, 0.1) is 12.5 Å². The van der Waals surface area contributed by atoms with Crippen LogP contribution in [0.25, 0.3) is 0 Å². The number of hydrogen-bond donors (Lipinski definition) is 0. The summed E-state index contributed by atoms with van der Waals surface area (Å²) in [6, 6.07) is 9.13. The third-order valence-electron chi connectivity index (χ3n) is 4.98. The predicted molar refractivity (Wildman–Crippen MR) is 116 cm³/mol. The minimum absolute atomic E-state index is 0.0201. The predicted octanol–water partition coefficient (Wildman–Crippen LogP) is 5.38. The standard InChI is InChI=1S/C23H35N3O3/c1-5-9-10-11-12-21(17-18-24)29-23(28)26(8-4)20-15-13-19(14-16-20)22(27)25(6-2)7-3/h13-16,21H,5-12,17H2,1-4H3. The van der Waals surface area contributed by atoms with Gasteiger partial charge in [0, 0.05) is 30.9 Å². The van der Waals surface area contributed by atoms with Gasteiger partial charge < -0.3 is 9.64 Å². The largest absolute Gasteiger partial charge is 0.445 e. The summed E-state index contributed by atoms with van der Waals surface area (Å²) in [6.07, 6.45) is 4.37. The zero-order valence-electron chi connectivity index (χ0n) is 18.3. The number of ether oxygens (including phenoxy) is 1. The molecule has 0 fully saturated rings. The van der Waals surface area contributed by atoms with E-state index in [1.54, 1.807) is 29.2 Å². The molecule has 0 saturated carbocycles. The molecular formula is C23H35N3O3. The van der Waals surface area contributed by atoms with E-state index in [9.17, 15) is 9.59 Å². The number of hydrogen-bond acceptors (Lipinski definition) is 4. The zero-order chi connectivity index (χ0) is 21.6. The van der Waals surface area contributed by atoms with Crippen LogP contribution in [0.15, 0.2) is 24.3 Å². The number of amides is 2. The molecule has 29 heavy (non-hydrogen) atoms. The van der Waals surface area contributed by atoms with E-state index in [0.717, 1.165) is 25.7 Å². The van der Waals surface area contributed by atoms with Gasteiger partial charge in [0.2, 0.25) is 0 Å². The normalized spacial score (nSPS) is 11.4. The first kappa shape index (κ1) is 24.5. The van der Waals surface area contributed by atoms with Crippen molar-refractivity contribution in [3.05, 3.63) is 29.8 Å². The first-order chi connectivity index (χ1) is 14.0. The SMILES string of the molecule is CCCCCCC(CC#N)OC(=O)N(CC)c1ccc(C(=O)N(CC)CC)cc1. The van der Waals surface area contributed by atoms with Crippen molar-refractivity contribution >= 4 is 17.7 Å². The first-order valence-electron chi connectivity index (χ1n) is 10.8. The molecule has 2 amide bonds. The summed E-state index contributed by atoms with van der Waals surface area (Å²) in [7, 11) is 0. The highest BCUT2D eigenvalue weighted by molar-refractivity contribution is 5.95. The molecule has 160 valence electrons. The molecule has 1 aromatic rings. The van der Waals surface area contributed by atoms with Crippen molar-refractivity contribution in [2.24, 2.45) is 0 Å². The summed E-state index contributed by atoms with van der Waals surface area (Å²) in [4.78, 5) is 28.4. The monoisotopic (exact) mass is 401 g/mol. The number of carbonyl (C=O) groups is 2. The number of rotatable bonds is 12. The van der Waals surface area contributed by atoms with Crippen LogP contribution in [-0.4, -0.2) is 42.6 Å². The summed E-state index contributed by atoms with van der Waals surface area (Å²) < 4.78 is 5.62. The lowest BCUT2D eigenvalue weighted by atomic mass is 10.1. The summed E-state index contributed by atoms with van der Waals surface area (Å²) in [6.45, 7) is 9.67. The van der Waals surface area contributed by atoms with Crippen LogP contribution in [0.3, 0.4) is 0 Å². The fourth-order valence-corrected chi connectivity index (χ4v) is 3.20. The molecule has 0 aliphatic heterocycles. The fraction of sp³-hybridized carbons (Fsp3) is 0.609. The Hall–Kier alpha value is -2.55. The van der Waals surface area contributed by atoms with Crippen LogP contribution >= 0.6 is 0 Å². The van der Waals surface area contributed by atoms with Crippen LogP contribution in [0.4, 0.5) is 10.5 Å². The Balaban J connectivity index is 2.80. The van der Waals surface area contributed by atoms with Gasteiger partial charge in [-0.1, -0.05) is 26.2 Å². The highest BCUT2D eigenvalue weighted by Crippen LogP contribution is 2.19. The van der Waals surface area contributed by atoms with Gasteiger partial charge in [-0.2, -0.15) is 5.26 Å². The van der Waals surface area contributed by atoms with E-state index in [-0.39, 0.29) is 18.4 Å². The molecule has 6 heteroatoms. The maximum Gasteiger partial charge on any atom is 0.414 e. The number of anilines is 1. The second-order valence-electron chi connectivity index (χ2n) is 6.99. The highest BCUT2D eigenvalue weighted by Gasteiger charge is 2.21. The fourth-order valence-electron chi connectivity index (χ4n) is 3.20. The number of unbranched alkanes of at least 4 members (excludes halogenated alkanes) is 3. The van der Waals surface area contributed by atoms with Crippen molar-refractivity contribution in [2.45, 2.75) is 72.3 Å². The maximum atomic E-state index is 12.7. The molecule has 0 N–H and O–H groups in total. The third kappa shape index (κ3) is 7.77. The van der Waals surface area contributed by atoms with Crippen LogP contribution in [0.1, 0.15) is 76.6 Å². The molecule has 0 spiro atoms. The second-order valence-corrected chi connectivity index (χ2v) is 6.99. The molecule has 1 rings (SSSR count). The molecule has 0 saturated heterocycles. The van der Waals surface area contributed by atoms with E-state index in [4.69, 9.17) is 10.00 Å². The lowest BCUT2D eigenvalue weighted by Crippen LogP contribution is -2.34. The Morgan fingerprint density at radius 2 is 1.66 bits per heavy atom. The Morgan fingerprint density at radius 1 is 1.00 bits per heavy atom. The highest BCUT2D eigenvalue weighted by atomic mass is 16.6. The number of carbonyl (C=O) groups excluding carboxylic acids is 2. The Labute approximate surface area is 175 Å². The van der Waals surface area contributed by atoms with E-state index >= 15 is 0 Å². The maximum absolute atomic E-state index is 12.7. The summed E-state index contributed by atoms with van der Waals surface area (Å²) in [5.41, 5.74) is 1.27. The van der Waals surface area contributed by atoms with Crippen molar-refractivity contribution in [1.29, 1.82) is 5.26 Å². The van der Waals surface area contributed by atoms with E-state index in [1.165, 1.54) is 4.90 Å². The molecule has 0 aromatic heterocycles. The molecule has 0 heterocycles. The van der Waals surface area contributed by atoms with Crippen LogP contribution in [0.5, 0.6) is 0 Å². The lowest BCUT2D eigenvalue weighted by Gasteiger charge is -2.24. The molecule has 0 aliphatic rings. The molecule has 1 aromatic carbocycles. The van der Waals surface area contributed by atoms with Crippen molar-refractivity contribution < 1.29 is 14.3 Å². The second kappa shape index (κ2) is 13.6. The minimum atomic E-state index is -0.453. The Kier molecular flexibility index (Phi) is 11.5. The quantitative estimate of drug-likeness (QED) is 0.440. The smallest absolute Gasteiger partial charge is 0.414 e. The van der Waals surface area contributed by atoms with E-state index in [1.807, 2.05) is 20.8 Å². The van der Waals surface area contributed by atoms with Gasteiger partial charge in [-0.15, -0.1) is 0 Å². The van der Waals surface area contributed by atoms with Gasteiger partial charge in [0.25, 0.3) is 5.91 Å². The molecule has 0 radical (unpaired) electrons. The summed E-state index contributed by atoms with van der Waals surface area (Å²) in [5, 5.41) is 9.04. The minimum Gasteiger partial charge on any atom is -0.445 e. The van der Waals surface area contributed by atoms with Crippen molar-refractivity contribution in [3.8, 4) is 6.07 Å². The molecule has 1 atom stereocenters. The van der Waals surface area contributed by atoms with Gasteiger partial charge in [-0.05, 0) is 57.9 Å². The van der Waals surface area contributed by atoms with Crippen LogP contribution in [0.2, 0.25) is 0 Å². The van der Waals surface area contributed by atoms with Crippen molar-refractivity contribution in [1.82, 2.24) is 4.90 Å². The first-order valence-corrected chi connectivity index (χ1v) is 10.8. The van der Waals surface area contributed by atoms with Gasteiger partial charge in [0.1, 0.15) is 6.10 Å². The van der Waals surface area contributed by atoms with Crippen LogP contribution < -0.4 is 4.90 Å². The summed E-state index contributed by atoms with van der Waals surface area (Å²) in [5.74, 6) is -0.0201. The number of benzene rings is 1. The molecule has 0 aliphatic carbocycles. The van der Waals surface area contributed by atoms with Crippen LogP contribution in [0, 0.1) is 11.3 Å². The zero-order valence-corrected chi connectivity index (χ0v) is 18.3. The lowest BCUT2D eigenvalue weighted by molar-refractivity contribution is 0.0773. The Morgan fingerprint density at radius 3 is 2.17 bits per heavy atom. The van der Waals surface area contributed by atoms with Gasteiger partial charge in [-0.3, -0.25) is 9.69 Å². The van der Waals surface area contributed by atoms with Crippen molar-refractivity contribution in [2.75, 3.05) is 24.5 Å². The number of nitriles is 1. The average molecular weight is 402 g/mol. The van der Waals surface area contributed by atoms with E-state index < -0.39 is 6.09 Å². The van der Waals surface area contributed by atoms with Crippen molar-refractivity contribution in [3.63, 3.8) is 0 Å². The van der Waals surface area contributed by atoms with Crippen LogP contribution in [-0.2, 0) is 4.74 Å². The Bertz CT molecular complexity index is 663. The van der Waals surface area contributed by atoms with Gasteiger partial charge in [0.15, 0.2) is 0 Å². The third-order valence-corrected chi connectivity index (χ3v) is 4.98. The van der Waals surface area contributed by atoms with Gasteiger partial charge >= 0.3 is 6.09 Å². The van der Waals surface area contributed by atoms with E-state index in [2.05, 4.69) is 13.0 Å².